The average molecular weight is 396 g/mol. The van der Waals surface area contributed by atoms with Crippen LogP contribution >= 0.6 is 0 Å². The van der Waals surface area contributed by atoms with Crippen molar-refractivity contribution in [1.82, 2.24) is 5.32 Å². The van der Waals surface area contributed by atoms with Gasteiger partial charge in [0.2, 0.25) is 5.91 Å². The highest BCUT2D eigenvalue weighted by molar-refractivity contribution is 5.78. The van der Waals surface area contributed by atoms with Crippen molar-refractivity contribution < 1.29 is 32.2 Å². The summed E-state index contributed by atoms with van der Waals surface area (Å²) in [6.07, 6.45) is -4.64. The van der Waals surface area contributed by atoms with Crippen LogP contribution in [0.1, 0.15) is 24.1 Å². The minimum atomic E-state index is -4.75. The molecule has 2 amide bonds. The van der Waals surface area contributed by atoms with Crippen LogP contribution in [0.4, 0.5) is 13.2 Å². The Kier molecular flexibility index (Phi) is 6.86. The Morgan fingerprint density at radius 3 is 2.14 bits per heavy atom. The molecule has 0 aliphatic heterocycles. The molecule has 28 heavy (non-hydrogen) atoms. The Morgan fingerprint density at radius 2 is 1.61 bits per heavy atom. The number of halogens is 3. The molecule has 150 valence electrons. The lowest BCUT2D eigenvalue weighted by atomic mass is 10.1. The third-order valence-electron chi connectivity index (χ3n) is 3.66. The molecule has 0 fully saturated rings. The maximum atomic E-state index is 12.2. The molecule has 1 unspecified atom stereocenters. The Hall–Kier alpha value is -3.23. The highest BCUT2D eigenvalue weighted by Gasteiger charge is 2.31. The lowest BCUT2D eigenvalue weighted by molar-refractivity contribution is -0.274. The summed E-state index contributed by atoms with van der Waals surface area (Å²) in [4.78, 5) is 22.8. The normalized spacial score (nSPS) is 12.1. The van der Waals surface area contributed by atoms with Crippen LogP contribution in [0.5, 0.6) is 11.5 Å². The van der Waals surface area contributed by atoms with E-state index >= 15 is 0 Å². The summed E-state index contributed by atoms with van der Waals surface area (Å²) in [6, 6.07) is 11.4. The zero-order valence-electron chi connectivity index (χ0n) is 15.0. The van der Waals surface area contributed by atoms with Crippen LogP contribution in [0.25, 0.3) is 0 Å². The van der Waals surface area contributed by atoms with Crippen molar-refractivity contribution >= 4 is 11.8 Å². The first-order chi connectivity index (χ1) is 13.1. The molecule has 9 heteroatoms. The summed E-state index contributed by atoms with van der Waals surface area (Å²) < 4.78 is 45.7. The molecular weight excluding hydrogens is 377 g/mol. The van der Waals surface area contributed by atoms with Crippen LogP contribution in [-0.2, 0) is 16.0 Å². The van der Waals surface area contributed by atoms with Gasteiger partial charge < -0.3 is 20.5 Å². The number of ether oxygens (including phenoxy) is 2. The van der Waals surface area contributed by atoms with Crippen LogP contribution in [-0.4, -0.2) is 24.8 Å². The number of benzene rings is 2. The van der Waals surface area contributed by atoms with Gasteiger partial charge in [0.1, 0.15) is 11.5 Å². The quantitative estimate of drug-likeness (QED) is 0.718. The van der Waals surface area contributed by atoms with Crippen LogP contribution in [0.3, 0.4) is 0 Å². The predicted octanol–water partition coefficient (Wildman–Crippen LogP) is 2.87. The van der Waals surface area contributed by atoms with Gasteiger partial charge in [-0.2, -0.15) is 0 Å². The number of nitrogens with one attached hydrogen (secondary N) is 1. The van der Waals surface area contributed by atoms with Crippen molar-refractivity contribution in [3.8, 4) is 11.5 Å². The van der Waals surface area contributed by atoms with E-state index in [4.69, 9.17) is 10.5 Å². The molecule has 0 bridgehead atoms. The second kappa shape index (κ2) is 9.12. The number of hydrogen-bond acceptors (Lipinski definition) is 4. The molecule has 2 aromatic carbocycles. The number of nitrogens with two attached hydrogens (primary N) is 1. The van der Waals surface area contributed by atoms with Crippen molar-refractivity contribution in [2.24, 2.45) is 5.73 Å². The highest BCUT2D eigenvalue weighted by Crippen LogP contribution is 2.24. The monoisotopic (exact) mass is 396 g/mol. The Morgan fingerprint density at radius 1 is 1.04 bits per heavy atom. The minimum Gasteiger partial charge on any atom is -0.484 e. The van der Waals surface area contributed by atoms with Gasteiger partial charge in [-0.15, -0.1) is 13.2 Å². The minimum absolute atomic E-state index is 0.116. The van der Waals surface area contributed by atoms with E-state index < -0.39 is 24.2 Å². The van der Waals surface area contributed by atoms with E-state index in [1.54, 1.807) is 31.2 Å². The first-order valence-electron chi connectivity index (χ1n) is 8.27. The SMILES string of the molecule is CC(NC(=O)COc1ccc(CC(N)=O)cc1)c1ccc(OC(F)(F)F)cc1. The van der Waals surface area contributed by atoms with Gasteiger partial charge in [-0.05, 0) is 42.3 Å². The van der Waals surface area contributed by atoms with E-state index in [-0.39, 0.29) is 18.8 Å². The fourth-order valence-electron chi connectivity index (χ4n) is 2.38. The van der Waals surface area contributed by atoms with Gasteiger partial charge in [-0.25, -0.2) is 0 Å². The number of carbonyl (C=O) groups excluding carboxylic acids is 2. The number of carbonyl (C=O) groups is 2. The van der Waals surface area contributed by atoms with E-state index in [9.17, 15) is 22.8 Å². The highest BCUT2D eigenvalue weighted by atomic mass is 19.4. The van der Waals surface area contributed by atoms with E-state index in [1.807, 2.05) is 0 Å². The lowest BCUT2D eigenvalue weighted by Crippen LogP contribution is -2.31. The summed E-state index contributed by atoms with van der Waals surface area (Å²) in [5.74, 6) is -0.730. The van der Waals surface area contributed by atoms with Gasteiger partial charge >= 0.3 is 6.36 Å². The molecule has 0 heterocycles. The number of hydrogen-bond donors (Lipinski definition) is 2. The van der Waals surface area contributed by atoms with Crippen molar-refractivity contribution in [2.45, 2.75) is 25.7 Å². The summed E-state index contributed by atoms with van der Waals surface area (Å²) >= 11 is 0. The third-order valence-corrected chi connectivity index (χ3v) is 3.66. The molecule has 0 saturated heterocycles. The van der Waals surface area contributed by atoms with Crippen molar-refractivity contribution in [2.75, 3.05) is 6.61 Å². The predicted molar refractivity (Wildman–Crippen MR) is 94.5 cm³/mol. The Labute approximate surface area is 159 Å². The largest absolute Gasteiger partial charge is 0.573 e. The molecule has 0 saturated carbocycles. The number of rotatable bonds is 8. The maximum absolute atomic E-state index is 12.2. The van der Waals surface area contributed by atoms with Crippen LogP contribution in [0.15, 0.2) is 48.5 Å². The van der Waals surface area contributed by atoms with Gasteiger partial charge in [-0.1, -0.05) is 24.3 Å². The van der Waals surface area contributed by atoms with Gasteiger partial charge in [0.05, 0.1) is 12.5 Å². The summed E-state index contributed by atoms with van der Waals surface area (Å²) in [5.41, 5.74) is 6.45. The molecule has 3 N–H and O–H groups in total. The second-order valence-corrected chi connectivity index (χ2v) is 5.98. The zero-order chi connectivity index (χ0) is 20.7. The van der Waals surface area contributed by atoms with Crippen molar-refractivity contribution in [3.63, 3.8) is 0 Å². The zero-order valence-corrected chi connectivity index (χ0v) is 15.0. The topological polar surface area (TPSA) is 90.6 Å². The van der Waals surface area contributed by atoms with Crippen molar-refractivity contribution in [3.05, 3.63) is 59.7 Å². The fourth-order valence-corrected chi connectivity index (χ4v) is 2.38. The molecule has 1 atom stereocenters. The van der Waals surface area contributed by atoms with Gasteiger partial charge in [-0.3, -0.25) is 9.59 Å². The first kappa shape index (κ1) is 21.1. The van der Waals surface area contributed by atoms with Crippen LogP contribution in [0.2, 0.25) is 0 Å². The number of alkyl halides is 3. The molecule has 6 nitrogen and oxygen atoms in total. The standard InChI is InChI=1S/C19H19F3N2O4/c1-12(14-4-8-16(9-5-14)28-19(20,21)22)24-18(26)11-27-15-6-2-13(3-7-15)10-17(23)25/h2-9,12H,10-11H2,1H3,(H2,23,25)(H,24,26). The molecule has 0 aromatic heterocycles. The lowest BCUT2D eigenvalue weighted by Gasteiger charge is -2.16. The summed E-state index contributed by atoms with van der Waals surface area (Å²) in [5, 5.41) is 2.68. The number of amides is 2. The maximum Gasteiger partial charge on any atom is 0.573 e. The first-order valence-corrected chi connectivity index (χ1v) is 8.27. The molecule has 0 radical (unpaired) electrons. The molecule has 0 aliphatic carbocycles. The number of primary amides is 1. The van der Waals surface area contributed by atoms with Crippen LogP contribution in [0, 0.1) is 0 Å². The molecule has 0 spiro atoms. The van der Waals surface area contributed by atoms with Crippen molar-refractivity contribution in [1.29, 1.82) is 0 Å². The van der Waals surface area contributed by atoms with E-state index in [1.165, 1.54) is 24.3 Å². The molecule has 2 rings (SSSR count). The third kappa shape index (κ3) is 7.18. The Bertz CT molecular complexity index is 805. The average Bonchev–Trinajstić information content (AvgIpc) is 2.60. The Balaban J connectivity index is 1.82. The molecular formula is C19H19F3N2O4. The molecule has 2 aromatic rings. The van der Waals surface area contributed by atoms with Gasteiger partial charge in [0, 0.05) is 0 Å². The fraction of sp³-hybridized carbons (Fsp3) is 0.263. The van der Waals surface area contributed by atoms with E-state index in [0.717, 1.165) is 5.56 Å². The second-order valence-electron chi connectivity index (χ2n) is 5.98. The van der Waals surface area contributed by atoms with E-state index in [2.05, 4.69) is 10.1 Å². The smallest absolute Gasteiger partial charge is 0.484 e. The molecule has 0 aliphatic rings. The van der Waals surface area contributed by atoms with Gasteiger partial charge in [0.25, 0.3) is 5.91 Å². The summed E-state index contributed by atoms with van der Waals surface area (Å²) in [7, 11) is 0. The van der Waals surface area contributed by atoms with E-state index in [0.29, 0.717) is 11.3 Å². The summed E-state index contributed by atoms with van der Waals surface area (Å²) in [6.45, 7) is 1.45. The van der Waals surface area contributed by atoms with Crippen LogP contribution < -0.4 is 20.5 Å². The van der Waals surface area contributed by atoms with Gasteiger partial charge in [0.15, 0.2) is 6.61 Å².